The predicted octanol–water partition coefficient (Wildman–Crippen LogP) is 1.98. The van der Waals surface area contributed by atoms with Crippen molar-refractivity contribution in [1.29, 1.82) is 0 Å². The van der Waals surface area contributed by atoms with E-state index < -0.39 is 0 Å². The Balaban J connectivity index is 1.67. The summed E-state index contributed by atoms with van der Waals surface area (Å²) in [5.41, 5.74) is 20.4. The molecule has 0 aliphatic heterocycles. The molecule has 1 amide bonds. The summed E-state index contributed by atoms with van der Waals surface area (Å²) in [7, 11) is 0. The van der Waals surface area contributed by atoms with Crippen LogP contribution in [0.5, 0.6) is 0 Å². The standard InChI is InChI=1S/C20H20N8O/c1-12(27-28-19(21)22)13-6-8-17(9-7-13)26-18(29)15-4-2-14(3-5-15)16-10-24-20(23)25-11-16/h2-11H,1H3,(H,26,29)(H4,21,22,28)(H2,23,24,25)/b27-12+. The second kappa shape index (κ2) is 8.61. The summed E-state index contributed by atoms with van der Waals surface area (Å²) in [6.45, 7) is 1.79. The number of nitrogens with one attached hydrogen (secondary N) is 1. The van der Waals surface area contributed by atoms with Gasteiger partial charge in [0, 0.05) is 29.2 Å². The van der Waals surface area contributed by atoms with E-state index >= 15 is 0 Å². The van der Waals surface area contributed by atoms with Gasteiger partial charge >= 0.3 is 0 Å². The van der Waals surface area contributed by atoms with Gasteiger partial charge in [-0.3, -0.25) is 4.79 Å². The molecule has 3 aromatic rings. The Morgan fingerprint density at radius 2 is 1.45 bits per heavy atom. The van der Waals surface area contributed by atoms with Crippen LogP contribution in [0, 0.1) is 0 Å². The van der Waals surface area contributed by atoms with E-state index in [0.717, 1.165) is 16.7 Å². The van der Waals surface area contributed by atoms with Crippen LogP contribution in [0.2, 0.25) is 0 Å². The van der Waals surface area contributed by atoms with Crippen LogP contribution in [0.3, 0.4) is 0 Å². The molecule has 9 nitrogen and oxygen atoms in total. The van der Waals surface area contributed by atoms with E-state index in [2.05, 4.69) is 25.5 Å². The van der Waals surface area contributed by atoms with Crippen LogP contribution in [0.4, 0.5) is 11.6 Å². The van der Waals surface area contributed by atoms with Crippen LogP contribution in [0.25, 0.3) is 11.1 Å². The molecule has 3 rings (SSSR count). The third-order valence-electron chi connectivity index (χ3n) is 4.03. The molecule has 1 heterocycles. The van der Waals surface area contributed by atoms with Crippen molar-refractivity contribution in [3.8, 4) is 11.1 Å². The smallest absolute Gasteiger partial charge is 0.255 e. The monoisotopic (exact) mass is 388 g/mol. The van der Waals surface area contributed by atoms with E-state index in [4.69, 9.17) is 17.2 Å². The van der Waals surface area contributed by atoms with Gasteiger partial charge in [-0.2, -0.15) is 5.10 Å². The summed E-state index contributed by atoms with van der Waals surface area (Å²) in [5, 5.41) is 10.4. The van der Waals surface area contributed by atoms with Crippen molar-refractivity contribution >= 4 is 29.2 Å². The molecular formula is C20H20N8O. The van der Waals surface area contributed by atoms with Crippen LogP contribution < -0.4 is 22.5 Å². The molecule has 0 saturated carbocycles. The number of nitrogens with two attached hydrogens (primary N) is 3. The molecule has 0 bridgehead atoms. The topological polar surface area (TPSA) is 158 Å². The quantitative estimate of drug-likeness (QED) is 0.297. The minimum absolute atomic E-state index is 0.108. The van der Waals surface area contributed by atoms with Crippen molar-refractivity contribution in [2.75, 3.05) is 11.1 Å². The van der Waals surface area contributed by atoms with Crippen molar-refractivity contribution in [3.63, 3.8) is 0 Å². The lowest BCUT2D eigenvalue weighted by atomic mass is 10.1. The largest absolute Gasteiger partial charge is 0.369 e. The normalized spacial score (nSPS) is 11.0. The van der Waals surface area contributed by atoms with E-state index in [9.17, 15) is 4.79 Å². The number of nitrogen functional groups attached to an aromatic ring is 1. The average molecular weight is 388 g/mol. The molecule has 0 spiro atoms. The summed E-state index contributed by atoms with van der Waals surface area (Å²) in [5.74, 6) is -0.111. The Morgan fingerprint density at radius 3 is 2.03 bits per heavy atom. The first-order chi connectivity index (χ1) is 13.9. The molecule has 2 aromatic carbocycles. The second-order valence-electron chi connectivity index (χ2n) is 6.15. The summed E-state index contributed by atoms with van der Waals surface area (Å²) in [6.07, 6.45) is 3.27. The minimum atomic E-state index is -0.219. The molecule has 0 unspecified atom stereocenters. The summed E-state index contributed by atoms with van der Waals surface area (Å²) < 4.78 is 0. The lowest BCUT2D eigenvalue weighted by Crippen LogP contribution is -2.22. The molecule has 0 radical (unpaired) electrons. The SMILES string of the molecule is C/C(=N\N=C(N)N)c1ccc(NC(=O)c2ccc(-c3cnc(N)nc3)cc2)cc1. The van der Waals surface area contributed by atoms with E-state index in [1.165, 1.54) is 0 Å². The van der Waals surface area contributed by atoms with Crippen molar-refractivity contribution in [1.82, 2.24) is 9.97 Å². The molecule has 9 heteroatoms. The highest BCUT2D eigenvalue weighted by atomic mass is 16.1. The van der Waals surface area contributed by atoms with Gasteiger partial charge in [0.15, 0.2) is 0 Å². The van der Waals surface area contributed by atoms with E-state index in [0.29, 0.717) is 17.0 Å². The van der Waals surface area contributed by atoms with Crippen molar-refractivity contribution in [2.24, 2.45) is 21.7 Å². The van der Waals surface area contributed by atoms with Crippen LogP contribution in [0.15, 0.2) is 71.1 Å². The van der Waals surface area contributed by atoms with Gasteiger partial charge in [0.25, 0.3) is 5.91 Å². The number of guanidine groups is 1. The van der Waals surface area contributed by atoms with Crippen molar-refractivity contribution in [2.45, 2.75) is 6.92 Å². The lowest BCUT2D eigenvalue weighted by Gasteiger charge is -2.07. The minimum Gasteiger partial charge on any atom is -0.369 e. The predicted molar refractivity (Wildman–Crippen MR) is 114 cm³/mol. The highest BCUT2D eigenvalue weighted by Crippen LogP contribution is 2.19. The van der Waals surface area contributed by atoms with Gasteiger partial charge in [0.2, 0.25) is 11.9 Å². The highest BCUT2D eigenvalue weighted by Gasteiger charge is 2.08. The van der Waals surface area contributed by atoms with Crippen LogP contribution in [0.1, 0.15) is 22.8 Å². The van der Waals surface area contributed by atoms with Crippen LogP contribution in [-0.4, -0.2) is 27.5 Å². The van der Waals surface area contributed by atoms with E-state index in [-0.39, 0.29) is 17.8 Å². The van der Waals surface area contributed by atoms with Crippen LogP contribution >= 0.6 is 0 Å². The van der Waals surface area contributed by atoms with Gasteiger partial charge in [-0.05, 0) is 42.3 Å². The fourth-order valence-corrected chi connectivity index (χ4v) is 2.49. The molecule has 1 aromatic heterocycles. The second-order valence-corrected chi connectivity index (χ2v) is 6.15. The van der Waals surface area contributed by atoms with Gasteiger partial charge in [0.05, 0.1) is 5.71 Å². The zero-order valence-corrected chi connectivity index (χ0v) is 15.7. The molecule has 29 heavy (non-hydrogen) atoms. The molecule has 0 saturated heterocycles. The Labute approximate surface area is 167 Å². The maximum atomic E-state index is 12.5. The molecule has 0 atom stereocenters. The Kier molecular flexibility index (Phi) is 5.79. The molecule has 146 valence electrons. The first-order valence-electron chi connectivity index (χ1n) is 8.65. The lowest BCUT2D eigenvalue weighted by molar-refractivity contribution is 0.102. The highest BCUT2D eigenvalue weighted by molar-refractivity contribution is 6.05. The molecule has 0 aliphatic rings. The van der Waals surface area contributed by atoms with E-state index in [1.54, 1.807) is 43.6 Å². The van der Waals surface area contributed by atoms with Gasteiger partial charge in [-0.15, -0.1) is 5.10 Å². The van der Waals surface area contributed by atoms with Crippen molar-refractivity contribution in [3.05, 3.63) is 72.1 Å². The number of carbonyl (C=O) groups excluding carboxylic acids is 1. The van der Waals surface area contributed by atoms with E-state index in [1.807, 2.05) is 24.3 Å². The number of rotatable bonds is 5. The number of carbonyl (C=O) groups is 1. The number of aromatic nitrogens is 2. The zero-order valence-electron chi connectivity index (χ0n) is 15.7. The third kappa shape index (κ3) is 5.13. The van der Waals surface area contributed by atoms with Gasteiger partial charge in [-0.1, -0.05) is 24.3 Å². The molecular weight excluding hydrogens is 368 g/mol. The molecule has 0 fully saturated rings. The Hall–Kier alpha value is -4.27. The summed E-state index contributed by atoms with van der Waals surface area (Å²) in [6, 6.07) is 14.3. The third-order valence-corrected chi connectivity index (χ3v) is 4.03. The fraction of sp³-hybridized carbons (Fsp3) is 0.0500. The molecule has 0 aliphatic carbocycles. The first kappa shape index (κ1) is 19.5. The average Bonchev–Trinajstić information content (AvgIpc) is 2.73. The number of anilines is 2. The maximum Gasteiger partial charge on any atom is 0.255 e. The number of hydrogen-bond donors (Lipinski definition) is 4. The number of hydrogen-bond acceptors (Lipinski definition) is 6. The van der Waals surface area contributed by atoms with Gasteiger partial charge < -0.3 is 22.5 Å². The van der Waals surface area contributed by atoms with Crippen LogP contribution in [-0.2, 0) is 0 Å². The first-order valence-corrected chi connectivity index (χ1v) is 8.65. The van der Waals surface area contributed by atoms with Gasteiger partial charge in [-0.25, -0.2) is 9.97 Å². The fourth-order valence-electron chi connectivity index (χ4n) is 2.49. The maximum absolute atomic E-state index is 12.5. The summed E-state index contributed by atoms with van der Waals surface area (Å²) >= 11 is 0. The number of nitrogens with zero attached hydrogens (tertiary/aromatic N) is 4. The Bertz CT molecular complexity index is 1050. The molecule has 7 N–H and O–H groups in total. The zero-order chi connectivity index (χ0) is 20.8. The Morgan fingerprint density at radius 1 is 0.862 bits per heavy atom. The van der Waals surface area contributed by atoms with Gasteiger partial charge in [0.1, 0.15) is 0 Å². The number of amides is 1. The van der Waals surface area contributed by atoms with Crippen molar-refractivity contribution < 1.29 is 4.79 Å². The number of benzene rings is 2. The summed E-state index contributed by atoms with van der Waals surface area (Å²) in [4.78, 5) is 20.4.